The van der Waals surface area contributed by atoms with Gasteiger partial charge in [-0.1, -0.05) is 24.3 Å². The van der Waals surface area contributed by atoms with Gasteiger partial charge in [0.25, 0.3) is 0 Å². The van der Waals surface area contributed by atoms with E-state index >= 15 is 0 Å². The minimum atomic E-state index is -4.84. The molecule has 23 heavy (non-hydrogen) atoms. The summed E-state index contributed by atoms with van der Waals surface area (Å²) in [5.41, 5.74) is -2.84. The molecule has 1 atom stereocenters. The average Bonchev–Trinajstić information content (AvgIpc) is 2.39. The summed E-state index contributed by atoms with van der Waals surface area (Å²) in [6.45, 7) is 0. The topological polar surface area (TPSA) is 12.0 Å². The van der Waals surface area contributed by atoms with E-state index in [1.54, 1.807) is 6.08 Å². The smallest absolute Gasteiger partial charge is 0.379 e. The molecule has 1 N–H and O–H groups in total. The van der Waals surface area contributed by atoms with Crippen LogP contribution in [0.5, 0.6) is 0 Å². The number of hydrogen-bond donors (Lipinski definition) is 1. The van der Waals surface area contributed by atoms with Crippen LogP contribution in [0.4, 0.5) is 32.0 Å². The van der Waals surface area contributed by atoms with Gasteiger partial charge in [0.1, 0.15) is 0 Å². The van der Waals surface area contributed by atoms with E-state index in [4.69, 9.17) is 0 Å². The molecule has 0 saturated carbocycles. The first-order valence-electron chi connectivity index (χ1n) is 7.04. The van der Waals surface area contributed by atoms with Crippen LogP contribution >= 0.6 is 0 Å². The molecular formula is C16H15F6N. The Morgan fingerprint density at radius 2 is 1.35 bits per heavy atom. The lowest BCUT2D eigenvalue weighted by Gasteiger charge is -2.19. The van der Waals surface area contributed by atoms with Gasteiger partial charge in [-0.05, 0) is 37.5 Å². The first-order valence-corrected chi connectivity index (χ1v) is 7.04. The van der Waals surface area contributed by atoms with Crippen LogP contribution in [0.2, 0.25) is 0 Å². The van der Waals surface area contributed by atoms with Crippen LogP contribution < -0.4 is 5.32 Å². The number of nitrogens with one attached hydrogen (secondary N) is 1. The second-order valence-corrected chi connectivity index (χ2v) is 5.26. The second-order valence-electron chi connectivity index (χ2n) is 5.26. The number of anilines is 1. The average molecular weight is 335 g/mol. The van der Waals surface area contributed by atoms with Crippen molar-refractivity contribution >= 4 is 5.69 Å². The number of allylic oxidation sites excluding steroid dienone is 2. The monoisotopic (exact) mass is 335 g/mol. The van der Waals surface area contributed by atoms with Gasteiger partial charge < -0.3 is 5.32 Å². The highest BCUT2D eigenvalue weighted by atomic mass is 19.4. The largest absolute Gasteiger partial charge is 0.416 e. The molecule has 0 aliphatic heterocycles. The number of rotatable bonds is 2. The third kappa shape index (κ3) is 5.04. The molecule has 0 spiro atoms. The maximum absolute atomic E-state index is 12.8. The fourth-order valence-corrected chi connectivity index (χ4v) is 2.25. The van der Waals surface area contributed by atoms with E-state index in [0.29, 0.717) is 18.6 Å². The Hall–Kier alpha value is -1.92. The zero-order valence-corrected chi connectivity index (χ0v) is 12.0. The van der Waals surface area contributed by atoms with Crippen LogP contribution in [0.15, 0.2) is 42.5 Å². The summed E-state index contributed by atoms with van der Waals surface area (Å²) in [4.78, 5) is 0. The van der Waals surface area contributed by atoms with Gasteiger partial charge in [-0.15, -0.1) is 0 Å². The Morgan fingerprint density at radius 1 is 0.783 bits per heavy atom. The van der Waals surface area contributed by atoms with E-state index < -0.39 is 23.5 Å². The Kier molecular flexibility index (Phi) is 5.06. The van der Waals surface area contributed by atoms with Crippen LogP contribution in [-0.2, 0) is 12.4 Å². The lowest BCUT2D eigenvalue weighted by molar-refractivity contribution is -0.143. The maximum atomic E-state index is 12.8. The summed E-state index contributed by atoms with van der Waals surface area (Å²) in [6, 6.07) is 1.17. The van der Waals surface area contributed by atoms with E-state index in [0.717, 1.165) is 12.8 Å². The normalized spacial score (nSPS) is 22.1. The first-order chi connectivity index (χ1) is 10.7. The van der Waals surface area contributed by atoms with Crippen molar-refractivity contribution in [3.63, 3.8) is 0 Å². The van der Waals surface area contributed by atoms with Crippen molar-refractivity contribution in [2.45, 2.75) is 37.7 Å². The minimum Gasteiger partial charge on any atom is -0.379 e. The SMILES string of the molecule is FC(F)(F)c1cc(NC2/C=C\CC/C=C\C2)cc(C(F)(F)F)c1. The number of halogens is 6. The highest BCUT2D eigenvalue weighted by molar-refractivity contribution is 5.51. The van der Waals surface area contributed by atoms with Gasteiger partial charge in [0.2, 0.25) is 0 Å². The van der Waals surface area contributed by atoms with E-state index in [9.17, 15) is 26.3 Å². The van der Waals surface area contributed by atoms with Crippen LogP contribution in [-0.4, -0.2) is 6.04 Å². The van der Waals surface area contributed by atoms with Gasteiger partial charge in [-0.3, -0.25) is 0 Å². The lowest BCUT2D eigenvalue weighted by Crippen LogP contribution is -2.18. The third-order valence-electron chi connectivity index (χ3n) is 3.36. The summed E-state index contributed by atoms with van der Waals surface area (Å²) in [5, 5.41) is 2.74. The van der Waals surface area contributed by atoms with Crippen molar-refractivity contribution < 1.29 is 26.3 Å². The molecule has 0 heterocycles. The zero-order chi connectivity index (χ0) is 17.1. The highest BCUT2D eigenvalue weighted by Crippen LogP contribution is 2.37. The van der Waals surface area contributed by atoms with Crippen LogP contribution in [0.3, 0.4) is 0 Å². The summed E-state index contributed by atoms with van der Waals surface area (Å²) in [5.74, 6) is 0. The van der Waals surface area contributed by atoms with Crippen LogP contribution in [0.25, 0.3) is 0 Å². The molecule has 0 saturated heterocycles. The second kappa shape index (κ2) is 6.68. The van der Waals surface area contributed by atoms with Crippen molar-refractivity contribution in [1.82, 2.24) is 0 Å². The van der Waals surface area contributed by atoms with E-state index in [1.807, 2.05) is 18.2 Å². The molecule has 0 fully saturated rings. The molecule has 0 aromatic heterocycles. The van der Waals surface area contributed by atoms with Gasteiger partial charge >= 0.3 is 12.4 Å². The highest BCUT2D eigenvalue weighted by Gasteiger charge is 2.37. The summed E-state index contributed by atoms with van der Waals surface area (Å²) in [7, 11) is 0. The van der Waals surface area contributed by atoms with Crippen LogP contribution in [0, 0.1) is 0 Å². The number of hydrogen-bond acceptors (Lipinski definition) is 1. The molecule has 0 radical (unpaired) electrons. The molecule has 1 aromatic carbocycles. The van der Waals surface area contributed by atoms with Crippen molar-refractivity contribution in [1.29, 1.82) is 0 Å². The van der Waals surface area contributed by atoms with Crippen molar-refractivity contribution in [3.05, 3.63) is 53.6 Å². The fourth-order valence-electron chi connectivity index (χ4n) is 2.25. The Morgan fingerprint density at radius 3 is 1.91 bits per heavy atom. The molecule has 1 aliphatic rings. The first kappa shape index (κ1) is 17.4. The molecule has 126 valence electrons. The molecular weight excluding hydrogens is 320 g/mol. The zero-order valence-electron chi connectivity index (χ0n) is 12.0. The molecule has 7 heteroatoms. The predicted molar refractivity (Wildman–Crippen MR) is 76.0 cm³/mol. The van der Waals surface area contributed by atoms with Crippen molar-refractivity contribution in [2.75, 3.05) is 5.32 Å². The van der Waals surface area contributed by atoms with E-state index in [-0.39, 0.29) is 17.8 Å². The Bertz CT molecular complexity index is 565. The van der Waals surface area contributed by atoms with Gasteiger partial charge in [-0.25, -0.2) is 0 Å². The van der Waals surface area contributed by atoms with Gasteiger partial charge in [0, 0.05) is 11.7 Å². The Balaban J connectivity index is 2.33. The van der Waals surface area contributed by atoms with E-state index in [1.165, 1.54) is 0 Å². The molecule has 1 unspecified atom stereocenters. The summed E-state index contributed by atoms with van der Waals surface area (Å²) >= 11 is 0. The molecule has 0 bridgehead atoms. The minimum absolute atomic E-state index is 0.124. The quantitative estimate of drug-likeness (QED) is 0.532. The van der Waals surface area contributed by atoms with Crippen molar-refractivity contribution in [3.8, 4) is 0 Å². The van der Waals surface area contributed by atoms with Crippen LogP contribution in [0.1, 0.15) is 30.4 Å². The number of benzene rings is 1. The molecule has 0 amide bonds. The Labute approximate surface area is 129 Å². The predicted octanol–water partition coefficient (Wildman–Crippen LogP) is 5.80. The fraction of sp³-hybridized carbons (Fsp3) is 0.375. The van der Waals surface area contributed by atoms with Gasteiger partial charge in [-0.2, -0.15) is 26.3 Å². The molecule has 1 aliphatic carbocycles. The summed E-state index contributed by atoms with van der Waals surface area (Å²) in [6.07, 6.45) is -0.117. The standard InChI is InChI=1S/C16H15F6N/c17-15(18,19)11-8-12(16(20,21)22)10-14(9-11)23-13-6-4-2-1-3-5-7-13/h2,4-5,7-10,13,23H,1,3,6H2/b4-2-,7-5-. The number of alkyl halides is 6. The molecule has 2 rings (SSSR count). The third-order valence-corrected chi connectivity index (χ3v) is 3.36. The van der Waals surface area contributed by atoms with E-state index in [2.05, 4.69) is 5.32 Å². The summed E-state index contributed by atoms with van der Waals surface area (Å²) < 4.78 is 76.9. The van der Waals surface area contributed by atoms with Crippen molar-refractivity contribution in [2.24, 2.45) is 0 Å². The maximum Gasteiger partial charge on any atom is 0.416 e. The molecule has 1 aromatic rings. The molecule has 1 nitrogen and oxygen atoms in total. The van der Waals surface area contributed by atoms with Gasteiger partial charge in [0.15, 0.2) is 0 Å². The van der Waals surface area contributed by atoms with Gasteiger partial charge in [0.05, 0.1) is 11.1 Å². The lowest BCUT2D eigenvalue weighted by atomic mass is 10.1.